The number of hydrogen-bond donors (Lipinski definition) is 1. The zero-order valence-electron chi connectivity index (χ0n) is 11.1. The van der Waals surface area contributed by atoms with Crippen LogP contribution in [0.4, 0.5) is 4.79 Å². The Bertz CT molecular complexity index is 541. The Morgan fingerprint density at radius 1 is 1.25 bits per heavy atom. The summed E-state index contributed by atoms with van der Waals surface area (Å²) in [7, 11) is 3.86. The van der Waals surface area contributed by atoms with E-state index in [-0.39, 0.29) is 22.6 Å². The van der Waals surface area contributed by atoms with Gasteiger partial charge in [0.05, 0.1) is 39.1 Å². The van der Waals surface area contributed by atoms with Crippen LogP contribution in [-0.2, 0) is 4.74 Å². The molecule has 8 nitrogen and oxygen atoms in total. The maximum Gasteiger partial charge on any atom is 0.427 e. The molecule has 0 atom stereocenters. The van der Waals surface area contributed by atoms with Gasteiger partial charge >= 0.3 is 6.09 Å². The van der Waals surface area contributed by atoms with Gasteiger partial charge in [0, 0.05) is 5.56 Å². The number of aromatic carboxylic acids is 1. The van der Waals surface area contributed by atoms with E-state index in [2.05, 4.69) is 9.84 Å². The second-order valence-electron chi connectivity index (χ2n) is 3.41. The highest BCUT2D eigenvalue weighted by molar-refractivity contribution is 6.01. The van der Waals surface area contributed by atoms with Crippen molar-refractivity contribution in [2.45, 2.75) is 0 Å². The van der Waals surface area contributed by atoms with Crippen LogP contribution < -0.4 is 20.0 Å². The lowest BCUT2D eigenvalue weighted by Gasteiger charge is -2.15. The minimum atomic E-state index is -1.46. The highest BCUT2D eigenvalue weighted by Gasteiger charge is 2.15. The lowest BCUT2D eigenvalue weighted by molar-refractivity contribution is -0.255. The molecule has 0 heterocycles. The molecule has 0 saturated carbocycles. The molecular formula is C12H13N2O6-. The van der Waals surface area contributed by atoms with Crippen LogP contribution in [0.5, 0.6) is 11.5 Å². The molecule has 0 unspecified atom stereocenters. The number of nitrogens with one attached hydrogen (secondary N) is 1. The Labute approximate surface area is 114 Å². The van der Waals surface area contributed by atoms with E-state index in [1.54, 1.807) is 0 Å². The number of carbonyl (C=O) groups excluding carboxylic acids is 2. The minimum absolute atomic E-state index is 0.00881. The molecule has 0 aromatic heterocycles. The fraction of sp³-hybridized carbons (Fsp3) is 0.250. The number of ether oxygens (including phenoxy) is 3. The van der Waals surface area contributed by atoms with Crippen LogP contribution in [0.2, 0.25) is 0 Å². The van der Waals surface area contributed by atoms with E-state index >= 15 is 0 Å². The number of carboxylic acids is 1. The summed E-state index contributed by atoms with van der Waals surface area (Å²) in [6.45, 7) is 0. The molecule has 0 aliphatic heterocycles. The van der Waals surface area contributed by atoms with Crippen LogP contribution in [0.3, 0.4) is 0 Å². The first-order valence-electron chi connectivity index (χ1n) is 5.38. The molecule has 0 saturated heterocycles. The van der Waals surface area contributed by atoms with Crippen LogP contribution in [0.25, 0.3) is 0 Å². The fourth-order valence-electron chi connectivity index (χ4n) is 1.46. The standard InChI is InChI=1S/C12H14N2O6/c1-18-8-5-4-7(6-13-14-12(17)20-3)9(11(15)16)10(8)19-2/h4-6H,1-3H3,(H,14,17)(H,15,16)/p-1/b13-6-. The van der Waals surface area contributed by atoms with Gasteiger partial charge in [0.2, 0.25) is 0 Å². The molecule has 0 spiro atoms. The number of benzene rings is 1. The van der Waals surface area contributed by atoms with Crippen LogP contribution in [0.15, 0.2) is 17.2 Å². The topological polar surface area (TPSA) is 109 Å². The molecule has 1 rings (SSSR count). The minimum Gasteiger partial charge on any atom is -0.545 e. The number of methoxy groups -OCH3 is 3. The van der Waals surface area contributed by atoms with Crippen molar-refractivity contribution in [3.8, 4) is 11.5 Å². The number of hydrogen-bond acceptors (Lipinski definition) is 7. The summed E-state index contributed by atoms with van der Waals surface area (Å²) in [5, 5.41) is 14.8. The van der Waals surface area contributed by atoms with Gasteiger partial charge in [0.25, 0.3) is 0 Å². The molecule has 1 N–H and O–H groups in total. The first kappa shape index (κ1) is 15.3. The van der Waals surface area contributed by atoms with Gasteiger partial charge in [-0.2, -0.15) is 5.10 Å². The Balaban J connectivity index is 3.19. The van der Waals surface area contributed by atoms with E-state index in [9.17, 15) is 14.7 Å². The van der Waals surface area contributed by atoms with E-state index in [1.165, 1.54) is 33.5 Å². The summed E-state index contributed by atoms with van der Waals surface area (Å²) < 4.78 is 14.3. The van der Waals surface area contributed by atoms with Gasteiger partial charge in [0.1, 0.15) is 0 Å². The molecule has 1 amide bonds. The summed E-state index contributed by atoms with van der Waals surface area (Å²) in [5.74, 6) is -1.21. The van der Waals surface area contributed by atoms with Gasteiger partial charge in [-0.15, -0.1) is 0 Å². The van der Waals surface area contributed by atoms with Crippen LogP contribution >= 0.6 is 0 Å². The maximum absolute atomic E-state index is 11.2. The molecule has 0 bridgehead atoms. The van der Waals surface area contributed by atoms with Crippen molar-refractivity contribution in [1.82, 2.24) is 5.43 Å². The van der Waals surface area contributed by atoms with Crippen LogP contribution in [0, 0.1) is 0 Å². The molecule has 20 heavy (non-hydrogen) atoms. The number of rotatable bonds is 5. The number of carbonyl (C=O) groups is 2. The number of nitrogens with zero attached hydrogens (tertiary/aromatic N) is 1. The van der Waals surface area contributed by atoms with Crippen molar-refractivity contribution in [3.05, 3.63) is 23.3 Å². The van der Waals surface area contributed by atoms with Crippen molar-refractivity contribution in [2.24, 2.45) is 5.10 Å². The second-order valence-corrected chi connectivity index (χ2v) is 3.41. The number of carboxylic acid groups (broad SMARTS) is 1. The van der Waals surface area contributed by atoms with Gasteiger partial charge in [-0.1, -0.05) is 0 Å². The third-order valence-electron chi connectivity index (χ3n) is 2.33. The van der Waals surface area contributed by atoms with E-state index in [4.69, 9.17) is 9.47 Å². The van der Waals surface area contributed by atoms with Crippen molar-refractivity contribution >= 4 is 18.3 Å². The average molecular weight is 281 g/mol. The lowest BCUT2D eigenvalue weighted by Crippen LogP contribution is -2.25. The summed E-state index contributed by atoms with van der Waals surface area (Å²) in [5.41, 5.74) is 1.98. The van der Waals surface area contributed by atoms with Crippen LogP contribution in [-0.4, -0.2) is 39.6 Å². The monoisotopic (exact) mass is 281 g/mol. The van der Waals surface area contributed by atoms with Gasteiger partial charge in [-0.25, -0.2) is 10.2 Å². The quantitative estimate of drug-likeness (QED) is 0.589. The third kappa shape index (κ3) is 3.37. The van der Waals surface area contributed by atoms with Crippen molar-refractivity contribution in [3.63, 3.8) is 0 Å². The number of hydrazone groups is 1. The van der Waals surface area contributed by atoms with Crippen LogP contribution in [0.1, 0.15) is 15.9 Å². The third-order valence-corrected chi connectivity index (χ3v) is 2.33. The molecule has 1 aromatic rings. The van der Waals surface area contributed by atoms with E-state index < -0.39 is 12.1 Å². The molecule has 108 valence electrons. The molecule has 8 heteroatoms. The Kier molecular flexibility index (Phi) is 5.33. The summed E-state index contributed by atoms with van der Waals surface area (Å²) in [6, 6.07) is 2.94. The smallest absolute Gasteiger partial charge is 0.427 e. The molecular weight excluding hydrogens is 268 g/mol. The van der Waals surface area contributed by atoms with Gasteiger partial charge in [-0.05, 0) is 12.1 Å². The van der Waals surface area contributed by atoms with Crippen molar-refractivity contribution < 1.29 is 28.9 Å². The molecule has 0 radical (unpaired) electrons. The first-order chi connectivity index (χ1) is 9.54. The Morgan fingerprint density at radius 3 is 2.45 bits per heavy atom. The molecule has 0 aliphatic rings. The fourth-order valence-corrected chi connectivity index (χ4v) is 1.46. The van der Waals surface area contributed by atoms with E-state index in [1.807, 2.05) is 5.43 Å². The SMILES string of the molecule is COC(=O)N/N=C\c1ccc(OC)c(OC)c1C(=O)[O-]. The van der Waals surface area contributed by atoms with Crippen molar-refractivity contribution in [2.75, 3.05) is 21.3 Å². The molecule has 1 aromatic carbocycles. The van der Waals surface area contributed by atoms with Gasteiger partial charge in [-0.3, -0.25) is 0 Å². The van der Waals surface area contributed by atoms with Crippen molar-refractivity contribution in [1.29, 1.82) is 0 Å². The van der Waals surface area contributed by atoms with E-state index in [0.29, 0.717) is 0 Å². The highest BCUT2D eigenvalue weighted by atomic mass is 16.5. The summed E-state index contributed by atoms with van der Waals surface area (Å²) >= 11 is 0. The zero-order chi connectivity index (χ0) is 15.1. The van der Waals surface area contributed by atoms with Gasteiger partial charge in [0.15, 0.2) is 11.5 Å². The van der Waals surface area contributed by atoms with E-state index in [0.717, 1.165) is 6.21 Å². The highest BCUT2D eigenvalue weighted by Crippen LogP contribution is 2.32. The summed E-state index contributed by atoms with van der Waals surface area (Å²) in [4.78, 5) is 22.0. The molecule has 0 aliphatic carbocycles. The lowest BCUT2D eigenvalue weighted by atomic mass is 10.1. The van der Waals surface area contributed by atoms with Gasteiger partial charge < -0.3 is 24.1 Å². The zero-order valence-corrected chi connectivity index (χ0v) is 11.1. The maximum atomic E-state index is 11.2. The molecule has 0 fully saturated rings. The Morgan fingerprint density at radius 2 is 1.95 bits per heavy atom. The Hall–Kier alpha value is -2.77. The largest absolute Gasteiger partial charge is 0.545 e. The predicted octanol–water partition coefficient (Wildman–Crippen LogP) is -0.243. The first-order valence-corrected chi connectivity index (χ1v) is 5.38. The number of amides is 1. The second kappa shape index (κ2) is 6.98. The normalized spacial score (nSPS) is 10.2. The average Bonchev–Trinajstić information content (AvgIpc) is 2.45. The summed E-state index contributed by atoms with van der Waals surface area (Å²) in [6.07, 6.45) is 0.348. The predicted molar refractivity (Wildman–Crippen MR) is 67.0 cm³/mol.